The Morgan fingerprint density at radius 2 is 2.30 bits per heavy atom. The quantitative estimate of drug-likeness (QED) is 0.834. The third-order valence-electron chi connectivity index (χ3n) is 3.81. The Morgan fingerprint density at radius 1 is 1.50 bits per heavy atom. The highest BCUT2D eigenvalue weighted by Crippen LogP contribution is 2.27. The minimum atomic E-state index is 0.0279. The molecule has 20 heavy (non-hydrogen) atoms. The predicted molar refractivity (Wildman–Crippen MR) is 79.1 cm³/mol. The second kappa shape index (κ2) is 6.53. The fourth-order valence-electron chi connectivity index (χ4n) is 2.72. The molecule has 0 radical (unpaired) electrons. The number of rotatable bonds is 2. The van der Waals surface area contributed by atoms with E-state index < -0.39 is 0 Å². The number of amides is 1. The molecule has 0 spiro atoms. The number of pyridine rings is 1. The van der Waals surface area contributed by atoms with Crippen LogP contribution in [-0.4, -0.2) is 34.4 Å². The lowest BCUT2D eigenvalue weighted by molar-refractivity contribution is 0.0670. The van der Waals surface area contributed by atoms with Gasteiger partial charge in [-0.2, -0.15) is 0 Å². The van der Waals surface area contributed by atoms with Crippen molar-refractivity contribution in [3.63, 3.8) is 0 Å². The van der Waals surface area contributed by atoms with E-state index in [9.17, 15) is 4.79 Å². The van der Waals surface area contributed by atoms with Crippen LogP contribution in [0.25, 0.3) is 0 Å². The van der Waals surface area contributed by atoms with Crippen molar-refractivity contribution in [1.82, 2.24) is 9.88 Å². The van der Waals surface area contributed by atoms with Gasteiger partial charge in [-0.05, 0) is 38.3 Å². The molecule has 2 N–H and O–H groups in total. The predicted octanol–water partition coefficient (Wildman–Crippen LogP) is 1.79. The van der Waals surface area contributed by atoms with Gasteiger partial charge in [-0.15, -0.1) is 0 Å². The van der Waals surface area contributed by atoms with Crippen molar-refractivity contribution in [2.75, 3.05) is 6.54 Å². The Labute approximate surface area is 120 Å². The number of nitrogens with zero attached hydrogens (tertiary/aromatic N) is 2. The summed E-state index contributed by atoms with van der Waals surface area (Å²) in [6, 6.07) is 4.22. The van der Waals surface area contributed by atoms with Gasteiger partial charge in [0.1, 0.15) is 5.69 Å². The SMILES string of the molecule is CCC1CCC(C)N1C(=O)c1ccc(C#CCN)cn1. The van der Waals surface area contributed by atoms with Crippen LogP contribution >= 0.6 is 0 Å². The van der Waals surface area contributed by atoms with Crippen LogP contribution in [0.15, 0.2) is 18.3 Å². The summed E-state index contributed by atoms with van der Waals surface area (Å²) in [5.41, 5.74) is 6.61. The monoisotopic (exact) mass is 271 g/mol. The summed E-state index contributed by atoms with van der Waals surface area (Å²) in [4.78, 5) is 18.8. The van der Waals surface area contributed by atoms with Crippen LogP contribution in [0.2, 0.25) is 0 Å². The first kappa shape index (κ1) is 14.5. The number of carbonyl (C=O) groups is 1. The number of likely N-dealkylation sites (tertiary alicyclic amines) is 1. The van der Waals surface area contributed by atoms with E-state index in [1.807, 2.05) is 11.0 Å². The number of hydrogen-bond acceptors (Lipinski definition) is 3. The standard InChI is InChI=1S/C16H21N3O/c1-3-14-8-6-12(2)19(14)16(20)15-9-7-13(11-18-15)5-4-10-17/h7,9,11-12,14H,3,6,8,10,17H2,1-2H3. The van der Waals surface area contributed by atoms with Gasteiger partial charge >= 0.3 is 0 Å². The molecule has 2 atom stereocenters. The highest BCUT2D eigenvalue weighted by molar-refractivity contribution is 5.93. The van der Waals surface area contributed by atoms with E-state index in [1.54, 1.807) is 12.3 Å². The molecular weight excluding hydrogens is 250 g/mol. The normalized spacial score (nSPS) is 21.4. The van der Waals surface area contributed by atoms with E-state index >= 15 is 0 Å². The zero-order valence-electron chi connectivity index (χ0n) is 12.1. The molecule has 2 unspecified atom stereocenters. The first-order valence-electron chi connectivity index (χ1n) is 7.15. The van der Waals surface area contributed by atoms with Crippen LogP contribution in [-0.2, 0) is 0 Å². The third kappa shape index (κ3) is 3.00. The smallest absolute Gasteiger partial charge is 0.272 e. The molecule has 106 valence electrons. The molecule has 1 aliphatic heterocycles. The molecule has 4 heteroatoms. The summed E-state index contributed by atoms with van der Waals surface area (Å²) in [6.45, 7) is 4.56. The highest BCUT2D eigenvalue weighted by atomic mass is 16.2. The molecule has 4 nitrogen and oxygen atoms in total. The lowest BCUT2D eigenvalue weighted by atomic mass is 10.1. The van der Waals surface area contributed by atoms with Gasteiger partial charge in [-0.25, -0.2) is 4.98 Å². The second-order valence-corrected chi connectivity index (χ2v) is 5.14. The Morgan fingerprint density at radius 3 is 2.90 bits per heavy atom. The summed E-state index contributed by atoms with van der Waals surface area (Å²) in [7, 11) is 0. The van der Waals surface area contributed by atoms with Gasteiger partial charge in [0.05, 0.1) is 6.54 Å². The molecule has 2 heterocycles. The Hall–Kier alpha value is -1.86. The Bertz CT molecular complexity index is 527. The average molecular weight is 271 g/mol. The molecule has 0 aliphatic carbocycles. The maximum atomic E-state index is 12.6. The van der Waals surface area contributed by atoms with Crippen LogP contribution in [0.5, 0.6) is 0 Å². The van der Waals surface area contributed by atoms with Crippen molar-refractivity contribution in [3.05, 3.63) is 29.6 Å². The first-order chi connectivity index (χ1) is 9.67. The molecule has 1 aromatic heterocycles. The maximum Gasteiger partial charge on any atom is 0.272 e. The molecule has 0 bridgehead atoms. The van der Waals surface area contributed by atoms with Crippen molar-refractivity contribution in [3.8, 4) is 11.8 Å². The minimum Gasteiger partial charge on any atom is -0.332 e. The zero-order valence-corrected chi connectivity index (χ0v) is 12.1. The second-order valence-electron chi connectivity index (χ2n) is 5.14. The molecule has 0 aromatic carbocycles. The summed E-state index contributed by atoms with van der Waals surface area (Å²) in [5.74, 6) is 5.71. The molecular formula is C16H21N3O. The molecule has 1 saturated heterocycles. The van der Waals surface area contributed by atoms with Gasteiger partial charge in [0.2, 0.25) is 0 Å². The van der Waals surface area contributed by atoms with Crippen LogP contribution < -0.4 is 5.73 Å². The summed E-state index contributed by atoms with van der Waals surface area (Å²) >= 11 is 0. The zero-order chi connectivity index (χ0) is 14.5. The van der Waals surface area contributed by atoms with Gasteiger partial charge in [0.25, 0.3) is 5.91 Å². The van der Waals surface area contributed by atoms with Gasteiger partial charge in [-0.3, -0.25) is 4.79 Å². The maximum absolute atomic E-state index is 12.6. The van der Waals surface area contributed by atoms with Gasteiger partial charge in [0.15, 0.2) is 0 Å². The van der Waals surface area contributed by atoms with E-state index in [-0.39, 0.29) is 5.91 Å². The molecule has 1 amide bonds. The summed E-state index contributed by atoms with van der Waals surface area (Å²) < 4.78 is 0. The van der Waals surface area contributed by atoms with Crippen LogP contribution in [0.4, 0.5) is 0 Å². The number of hydrogen-bond donors (Lipinski definition) is 1. The fraction of sp³-hybridized carbons (Fsp3) is 0.500. The van der Waals surface area contributed by atoms with Crippen LogP contribution in [0, 0.1) is 11.8 Å². The number of nitrogens with two attached hydrogens (primary N) is 1. The molecule has 1 fully saturated rings. The van der Waals surface area contributed by atoms with Crippen molar-refractivity contribution < 1.29 is 4.79 Å². The van der Waals surface area contributed by atoms with Crippen molar-refractivity contribution in [2.45, 2.75) is 45.2 Å². The Kier molecular flexibility index (Phi) is 4.75. The van der Waals surface area contributed by atoms with E-state index in [0.717, 1.165) is 24.8 Å². The Balaban J connectivity index is 2.16. The lowest BCUT2D eigenvalue weighted by Crippen LogP contribution is -2.40. The largest absolute Gasteiger partial charge is 0.332 e. The van der Waals surface area contributed by atoms with Crippen LogP contribution in [0.3, 0.4) is 0 Å². The van der Waals surface area contributed by atoms with Gasteiger partial charge < -0.3 is 10.6 Å². The highest BCUT2D eigenvalue weighted by Gasteiger charge is 2.33. The van der Waals surface area contributed by atoms with E-state index in [2.05, 4.69) is 30.7 Å². The number of carbonyl (C=O) groups excluding carboxylic acids is 1. The van der Waals surface area contributed by atoms with Gasteiger partial charge in [0, 0.05) is 23.8 Å². The summed E-state index contributed by atoms with van der Waals surface area (Å²) in [5, 5.41) is 0. The van der Waals surface area contributed by atoms with E-state index in [4.69, 9.17) is 5.73 Å². The topological polar surface area (TPSA) is 59.2 Å². The van der Waals surface area contributed by atoms with E-state index in [0.29, 0.717) is 24.3 Å². The third-order valence-corrected chi connectivity index (χ3v) is 3.81. The molecule has 1 aliphatic rings. The fourth-order valence-corrected chi connectivity index (χ4v) is 2.72. The van der Waals surface area contributed by atoms with Gasteiger partial charge in [-0.1, -0.05) is 18.8 Å². The lowest BCUT2D eigenvalue weighted by Gasteiger charge is -2.27. The molecule has 1 aromatic rings. The number of aromatic nitrogens is 1. The average Bonchev–Trinajstić information content (AvgIpc) is 2.86. The van der Waals surface area contributed by atoms with Crippen LogP contribution in [0.1, 0.15) is 49.2 Å². The van der Waals surface area contributed by atoms with Crippen molar-refractivity contribution in [2.24, 2.45) is 5.73 Å². The summed E-state index contributed by atoms with van der Waals surface area (Å²) in [6.07, 6.45) is 4.79. The first-order valence-corrected chi connectivity index (χ1v) is 7.15. The molecule has 0 saturated carbocycles. The van der Waals surface area contributed by atoms with E-state index in [1.165, 1.54) is 0 Å². The van der Waals surface area contributed by atoms with Crippen molar-refractivity contribution in [1.29, 1.82) is 0 Å². The molecule has 2 rings (SSSR count). The van der Waals surface area contributed by atoms with Crippen molar-refractivity contribution >= 4 is 5.91 Å². The minimum absolute atomic E-state index is 0.0279.